The number of carboxylic acids is 1. The van der Waals surface area contributed by atoms with E-state index in [1.54, 1.807) is 50.3 Å². The lowest BCUT2D eigenvalue weighted by Gasteiger charge is -2.25. The van der Waals surface area contributed by atoms with Crippen LogP contribution in [0.3, 0.4) is 0 Å². The first kappa shape index (κ1) is 31.3. The molecule has 4 rings (SSSR count). The topological polar surface area (TPSA) is 126 Å². The average Bonchev–Trinajstić information content (AvgIpc) is 3.21. The normalized spacial score (nSPS) is 14.9. The lowest BCUT2D eigenvalue weighted by atomic mass is 9.95. The number of benzene rings is 2. The molecular formula is C29H28BrClN2O8S. The fraction of sp³-hybridized carbons (Fsp3) is 0.310. The Morgan fingerprint density at radius 1 is 1.24 bits per heavy atom. The van der Waals surface area contributed by atoms with Crippen molar-refractivity contribution >= 4 is 56.9 Å². The Bertz CT molecular complexity index is 1740. The van der Waals surface area contributed by atoms with Gasteiger partial charge in [-0.1, -0.05) is 29.0 Å². The minimum absolute atomic E-state index is 0.0917. The van der Waals surface area contributed by atoms with Crippen LogP contribution in [0, 0.1) is 0 Å². The molecule has 0 saturated carbocycles. The summed E-state index contributed by atoms with van der Waals surface area (Å²) in [7, 11) is 1.52. The second kappa shape index (κ2) is 13.1. The van der Waals surface area contributed by atoms with E-state index in [1.807, 2.05) is 13.8 Å². The molecule has 1 atom stereocenters. The van der Waals surface area contributed by atoms with Crippen molar-refractivity contribution in [1.82, 2.24) is 4.57 Å². The molecule has 222 valence electrons. The molecule has 0 saturated heterocycles. The van der Waals surface area contributed by atoms with E-state index < -0.39 is 24.6 Å². The Hall–Kier alpha value is -3.61. The number of aromatic nitrogens is 1. The molecule has 0 bridgehead atoms. The number of hydrogen-bond donors (Lipinski definition) is 1. The molecule has 0 spiro atoms. The summed E-state index contributed by atoms with van der Waals surface area (Å²) in [6, 6.07) is 7.65. The highest BCUT2D eigenvalue weighted by atomic mass is 79.9. The number of allylic oxidation sites excluding steroid dienone is 1. The highest BCUT2D eigenvalue weighted by Crippen LogP contribution is 2.37. The van der Waals surface area contributed by atoms with E-state index in [4.69, 9.17) is 35.7 Å². The van der Waals surface area contributed by atoms with Crippen LogP contribution in [0.15, 0.2) is 55.9 Å². The maximum absolute atomic E-state index is 13.9. The van der Waals surface area contributed by atoms with Crippen molar-refractivity contribution in [3.05, 3.63) is 81.9 Å². The van der Waals surface area contributed by atoms with Crippen LogP contribution in [0.4, 0.5) is 0 Å². The van der Waals surface area contributed by atoms with Gasteiger partial charge in [0.1, 0.15) is 0 Å². The number of hydrogen-bond acceptors (Lipinski definition) is 9. The second-order valence-corrected chi connectivity index (χ2v) is 11.6. The van der Waals surface area contributed by atoms with E-state index in [-0.39, 0.29) is 34.6 Å². The predicted octanol–water partition coefficient (Wildman–Crippen LogP) is 4.47. The van der Waals surface area contributed by atoms with Crippen molar-refractivity contribution in [2.24, 2.45) is 4.99 Å². The molecule has 2 heterocycles. The van der Waals surface area contributed by atoms with Crippen LogP contribution < -0.4 is 29.1 Å². The molecule has 1 aromatic heterocycles. The lowest BCUT2D eigenvalue weighted by molar-refractivity contribution is -0.140. The van der Waals surface area contributed by atoms with Gasteiger partial charge >= 0.3 is 11.9 Å². The Morgan fingerprint density at radius 2 is 1.98 bits per heavy atom. The Kier molecular flexibility index (Phi) is 9.80. The van der Waals surface area contributed by atoms with Crippen LogP contribution in [0.25, 0.3) is 6.08 Å². The fourth-order valence-electron chi connectivity index (χ4n) is 4.40. The lowest BCUT2D eigenvalue weighted by Crippen LogP contribution is -2.40. The molecule has 0 fully saturated rings. The molecule has 1 aliphatic heterocycles. The van der Waals surface area contributed by atoms with E-state index >= 15 is 0 Å². The quantitative estimate of drug-likeness (QED) is 0.311. The number of thiazole rings is 1. The SMILES string of the molecule is CCOC(=O)C1=C(C)N=c2s/c(=C\c3cc(Cl)c(OCC(=O)O)c(Br)c3)c(=O)n2[C@@H]1c1ccc(OC(C)C)c(OC)c1. The van der Waals surface area contributed by atoms with Gasteiger partial charge < -0.3 is 24.1 Å². The van der Waals surface area contributed by atoms with Crippen LogP contribution in [0.1, 0.15) is 44.9 Å². The smallest absolute Gasteiger partial charge is 0.341 e. The summed E-state index contributed by atoms with van der Waals surface area (Å²) in [6.07, 6.45) is 1.55. The molecular weight excluding hydrogens is 652 g/mol. The number of aliphatic carboxylic acids is 1. The van der Waals surface area contributed by atoms with Crippen LogP contribution >= 0.6 is 38.9 Å². The second-order valence-electron chi connectivity index (χ2n) is 9.38. The van der Waals surface area contributed by atoms with Gasteiger partial charge in [-0.15, -0.1) is 0 Å². The van der Waals surface area contributed by atoms with Gasteiger partial charge in [0, 0.05) is 0 Å². The van der Waals surface area contributed by atoms with Crippen molar-refractivity contribution in [3.63, 3.8) is 0 Å². The number of esters is 1. The number of methoxy groups -OCH3 is 1. The number of halogens is 2. The first-order chi connectivity index (χ1) is 19.9. The molecule has 1 aliphatic rings. The number of nitrogens with zero attached hydrogens (tertiary/aromatic N) is 2. The highest BCUT2D eigenvalue weighted by Gasteiger charge is 2.34. The fourth-order valence-corrected chi connectivity index (χ4v) is 6.43. The number of fused-ring (bicyclic) bond motifs is 1. The number of carbonyl (C=O) groups excluding carboxylic acids is 1. The van der Waals surface area contributed by atoms with Crippen molar-refractivity contribution < 1.29 is 33.6 Å². The monoisotopic (exact) mass is 678 g/mol. The molecule has 3 aromatic rings. The summed E-state index contributed by atoms with van der Waals surface area (Å²) in [5.74, 6) is -0.570. The zero-order chi connectivity index (χ0) is 30.7. The summed E-state index contributed by atoms with van der Waals surface area (Å²) in [4.78, 5) is 43.0. The summed E-state index contributed by atoms with van der Waals surface area (Å²) in [5.41, 5.74) is 1.46. The first-order valence-corrected chi connectivity index (χ1v) is 14.8. The maximum atomic E-state index is 13.9. The number of rotatable bonds is 10. The van der Waals surface area contributed by atoms with Gasteiger partial charge in [0.2, 0.25) is 0 Å². The number of ether oxygens (including phenoxy) is 4. The van der Waals surface area contributed by atoms with E-state index in [1.165, 1.54) is 11.7 Å². The molecule has 10 nitrogen and oxygen atoms in total. The van der Waals surface area contributed by atoms with Gasteiger partial charge in [0.05, 0.1) is 51.2 Å². The predicted molar refractivity (Wildman–Crippen MR) is 161 cm³/mol. The summed E-state index contributed by atoms with van der Waals surface area (Å²) in [6.45, 7) is 6.81. The maximum Gasteiger partial charge on any atom is 0.341 e. The van der Waals surface area contributed by atoms with Crippen molar-refractivity contribution in [2.75, 3.05) is 20.3 Å². The van der Waals surface area contributed by atoms with Crippen LogP contribution in [0.5, 0.6) is 17.2 Å². The Morgan fingerprint density at radius 3 is 2.60 bits per heavy atom. The third kappa shape index (κ3) is 6.55. The van der Waals surface area contributed by atoms with Gasteiger partial charge in [0.25, 0.3) is 5.56 Å². The van der Waals surface area contributed by atoms with Crippen molar-refractivity contribution in [3.8, 4) is 17.2 Å². The summed E-state index contributed by atoms with van der Waals surface area (Å²) < 4.78 is 24.3. The van der Waals surface area contributed by atoms with Crippen LogP contribution in [0.2, 0.25) is 5.02 Å². The molecule has 2 aromatic carbocycles. The molecule has 0 aliphatic carbocycles. The summed E-state index contributed by atoms with van der Waals surface area (Å²) >= 11 is 10.9. The van der Waals surface area contributed by atoms with Crippen LogP contribution in [-0.2, 0) is 14.3 Å². The highest BCUT2D eigenvalue weighted by molar-refractivity contribution is 9.10. The van der Waals surface area contributed by atoms with E-state index in [0.29, 0.717) is 42.1 Å². The van der Waals surface area contributed by atoms with Gasteiger partial charge in [0.15, 0.2) is 28.7 Å². The van der Waals surface area contributed by atoms with Gasteiger partial charge in [-0.2, -0.15) is 0 Å². The zero-order valence-electron chi connectivity index (χ0n) is 23.4. The summed E-state index contributed by atoms with van der Waals surface area (Å²) in [5, 5.41) is 9.09. The molecule has 0 amide bonds. The molecule has 42 heavy (non-hydrogen) atoms. The van der Waals surface area contributed by atoms with E-state index in [9.17, 15) is 14.4 Å². The zero-order valence-corrected chi connectivity index (χ0v) is 26.6. The number of carboxylic acid groups (broad SMARTS) is 1. The van der Waals surface area contributed by atoms with Gasteiger partial charge in [-0.05, 0) is 85.1 Å². The van der Waals surface area contributed by atoms with Crippen molar-refractivity contribution in [1.29, 1.82) is 0 Å². The van der Waals surface area contributed by atoms with E-state index in [0.717, 1.165) is 11.3 Å². The standard InChI is InChI=1S/C29H28BrClN2O8S/c1-6-39-28(37)24-15(4)32-29-33(25(24)17-7-8-20(41-14(2)3)21(12-17)38-5)27(36)22(42-29)11-16-9-18(30)26(19(31)10-16)40-13-23(34)35/h7-12,14,25H,6,13H2,1-5H3,(H,34,35)/b22-11-/t25-/m1/s1. The third-order valence-corrected chi connectivity index (χ3v) is 7.89. The molecule has 0 unspecified atom stereocenters. The van der Waals surface area contributed by atoms with E-state index in [2.05, 4.69) is 20.9 Å². The average molecular weight is 680 g/mol. The number of carbonyl (C=O) groups is 2. The minimum atomic E-state index is -1.14. The van der Waals surface area contributed by atoms with Gasteiger partial charge in [-0.3, -0.25) is 9.36 Å². The third-order valence-electron chi connectivity index (χ3n) is 6.04. The Labute approximate surface area is 258 Å². The Balaban J connectivity index is 1.89. The largest absolute Gasteiger partial charge is 0.493 e. The molecule has 0 radical (unpaired) electrons. The first-order valence-electron chi connectivity index (χ1n) is 12.8. The van der Waals surface area contributed by atoms with Crippen LogP contribution in [-0.4, -0.2) is 48.0 Å². The molecule has 13 heteroatoms. The minimum Gasteiger partial charge on any atom is -0.493 e. The molecule has 1 N–H and O–H groups in total. The van der Waals surface area contributed by atoms with Gasteiger partial charge in [-0.25, -0.2) is 14.6 Å². The van der Waals surface area contributed by atoms with Crippen molar-refractivity contribution in [2.45, 2.75) is 39.8 Å².